The van der Waals surface area contributed by atoms with Gasteiger partial charge >= 0.3 is 6.09 Å². The third-order valence-corrected chi connectivity index (χ3v) is 4.78. The summed E-state index contributed by atoms with van der Waals surface area (Å²) in [4.78, 5) is 20.3. The van der Waals surface area contributed by atoms with Crippen LogP contribution in [-0.2, 0) is 9.47 Å². The maximum Gasteiger partial charge on any atom is 0.409 e. The smallest absolute Gasteiger partial charge is 0.409 e. The summed E-state index contributed by atoms with van der Waals surface area (Å²) in [7, 11) is 0. The minimum absolute atomic E-state index is 0.223. The van der Waals surface area contributed by atoms with E-state index in [2.05, 4.69) is 29.1 Å². The number of carbonyl (C=O) groups is 1. The number of amides is 1. The molecule has 2 rings (SSSR count). The van der Waals surface area contributed by atoms with E-state index in [0.29, 0.717) is 37.9 Å². The van der Waals surface area contributed by atoms with Gasteiger partial charge in [0.25, 0.3) is 0 Å². The van der Waals surface area contributed by atoms with Gasteiger partial charge < -0.3 is 25.4 Å². The largest absolute Gasteiger partial charge is 0.450 e. The summed E-state index contributed by atoms with van der Waals surface area (Å²) in [5.41, 5.74) is 6.01. The fourth-order valence-electron chi connectivity index (χ4n) is 3.64. The maximum absolute atomic E-state index is 11.7. The Morgan fingerprint density at radius 1 is 1.27 bits per heavy atom. The highest BCUT2D eigenvalue weighted by atomic mass is 16.6. The monoisotopic (exact) mass is 369 g/mol. The number of hydrogen-bond acceptors (Lipinski definition) is 5. The zero-order valence-corrected chi connectivity index (χ0v) is 16.4. The number of carbonyl (C=O) groups excluding carboxylic acids is 1. The highest BCUT2D eigenvalue weighted by Gasteiger charge is 2.24. The van der Waals surface area contributed by atoms with E-state index in [1.165, 1.54) is 0 Å². The quantitative estimate of drug-likeness (QED) is 0.412. The molecule has 2 saturated heterocycles. The zero-order valence-electron chi connectivity index (χ0n) is 16.4. The van der Waals surface area contributed by atoms with E-state index in [-0.39, 0.29) is 12.1 Å². The number of morpholine rings is 1. The van der Waals surface area contributed by atoms with Crippen LogP contribution < -0.4 is 11.1 Å². The van der Waals surface area contributed by atoms with Crippen LogP contribution in [0.25, 0.3) is 0 Å². The predicted molar refractivity (Wildman–Crippen MR) is 102 cm³/mol. The fraction of sp³-hybridized carbons (Fsp3) is 0.889. The topological polar surface area (TPSA) is 92.4 Å². The molecule has 0 saturated carbocycles. The van der Waals surface area contributed by atoms with Crippen LogP contribution in [0.3, 0.4) is 0 Å². The second kappa shape index (κ2) is 10.6. The Morgan fingerprint density at radius 2 is 1.92 bits per heavy atom. The van der Waals surface area contributed by atoms with Crippen molar-refractivity contribution in [3.05, 3.63) is 0 Å². The summed E-state index contributed by atoms with van der Waals surface area (Å²) in [5.74, 6) is 0.503. The lowest BCUT2D eigenvalue weighted by Gasteiger charge is -2.35. The number of hydrogen-bond donors (Lipinski definition) is 2. The Hall–Kier alpha value is -1.54. The average molecular weight is 370 g/mol. The number of ether oxygens (including phenoxy) is 2. The molecule has 3 N–H and O–H groups in total. The highest BCUT2D eigenvalue weighted by molar-refractivity contribution is 5.78. The van der Waals surface area contributed by atoms with Crippen LogP contribution in [0.2, 0.25) is 0 Å². The normalized spacial score (nSPS) is 26.0. The van der Waals surface area contributed by atoms with Crippen LogP contribution >= 0.6 is 0 Å². The Labute approximate surface area is 157 Å². The van der Waals surface area contributed by atoms with Gasteiger partial charge in [-0.15, -0.1) is 0 Å². The van der Waals surface area contributed by atoms with E-state index in [1.807, 2.05) is 6.92 Å². The van der Waals surface area contributed by atoms with Gasteiger partial charge in [-0.3, -0.25) is 9.89 Å². The standard InChI is InChI=1S/C18H35N5O3/c1-4-25-18(24)23-10-6-16(7-11-23)21-17(19)20-8-5-9-22-12-14(2)26-15(3)13-22/h14-16H,4-13H2,1-3H3,(H3,19,20,21). The van der Waals surface area contributed by atoms with Gasteiger partial charge in [-0.1, -0.05) is 0 Å². The summed E-state index contributed by atoms with van der Waals surface area (Å²) in [6, 6.07) is 0.269. The third-order valence-electron chi connectivity index (χ3n) is 4.78. The van der Waals surface area contributed by atoms with E-state index in [1.54, 1.807) is 4.90 Å². The number of likely N-dealkylation sites (tertiary alicyclic amines) is 1. The molecule has 0 aliphatic carbocycles. The summed E-state index contributed by atoms with van der Waals surface area (Å²) in [6.45, 7) is 11.6. The molecule has 2 aliphatic rings. The van der Waals surface area contributed by atoms with Crippen LogP contribution in [0.1, 0.15) is 40.0 Å². The molecule has 0 aromatic heterocycles. The maximum atomic E-state index is 11.7. The van der Waals surface area contributed by atoms with Gasteiger partial charge in [0.1, 0.15) is 0 Å². The number of nitrogens with two attached hydrogens (primary N) is 1. The molecule has 2 fully saturated rings. The minimum Gasteiger partial charge on any atom is -0.450 e. The summed E-state index contributed by atoms with van der Waals surface area (Å²) >= 11 is 0. The van der Waals surface area contributed by atoms with Crippen LogP contribution in [-0.4, -0.2) is 86.0 Å². The van der Waals surface area contributed by atoms with Crippen molar-refractivity contribution in [2.24, 2.45) is 10.7 Å². The van der Waals surface area contributed by atoms with Gasteiger partial charge in [0.2, 0.25) is 0 Å². The third kappa shape index (κ3) is 6.99. The molecule has 0 aromatic rings. The van der Waals surface area contributed by atoms with Crippen molar-refractivity contribution >= 4 is 12.1 Å². The van der Waals surface area contributed by atoms with Gasteiger partial charge in [0.05, 0.1) is 18.8 Å². The van der Waals surface area contributed by atoms with Crippen molar-refractivity contribution in [1.29, 1.82) is 0 Å². The van der Waals surface area contributed by atoms with Crippen LogP contribution in [0.5, 0.6) is 0 Å². The Morgan fingerprint density at radius 3 is 2.54 bits per heavy atom. The lowest BCUT2D eigenvalue weighted by Crippen LogP contribution is -2.48. The lowest BCUT2D eigenvalue weighted by molar-refractivity contribution is -0.0679. The van der Waals surface area contributed by atoms with Crippen molar-refractivity contribution in [3.63, 3.8) is 0 Å². The average Bonchev–Trinajstić information content (AvgIpc) is 2.59. The van der Waals surface area contributed by atoms with E-state index in [9.17, 15) is 4.79 Å². The molecule has 2 heterocycles. The first-order valence-electron chi connectivity index (χ1n) is 9.84. The number of guanidine groups is 1. The SMILES string of the molecule is CCOC(=O)N1CCC(NC(N)=NCCCN2CC(C)OC(C)C2)CC1. The van der Waals surface area contributed by atoms with E-state index in [4.69, 9.17) is 15.2 Å². The molecule has 2 atom stereocenters. The minimum atomic E-state index is -0.223. The molecule has 2 aliphatic heterocycles. The van der Waals surface area contributed by atoms with E-state index < -0.39 is 0 Å². The van der Waals surface area contributed by atoms with Gasteiger partial charge in [-0.2, -0.15) is 0 Å². The molecule has 26 heavy (non-hydrogen) atoms. The second-order valence-electron chi connectivity index (χ2n) is 7.24. The first-order valence-corrected chi connectivity index (χ1v) is 9.84. The molecule has 0 bridgehead atoms. The van der Waals surface area contributed by atoms with Crippen molar-refractivity contribution in [2.45, 2.75) is 58.3 Å². The number of piperidine rings is 1. The number of aliphatic imine (C=N–C) groups is 1. The first-order chi connectivity index (χ1) is 12.5. The number of rotatable bonds is 6. The molecular weight excluding hydrogens is 334 g/mol. The van der Waals surface area contributed by atoms with E-state index >= 15 is 0 Å². The number of nitrogens with one attached hydrogen (secondary N) is 1. The molecule has 8 heteroatoms. The second-order valence-corrected chi connectivity index (χ2v) is 7.24. The van der Waals surface area contributed by atoms with Crippen LogP contribution in [0, 0.1) is 0 Å². The van der Waals surface area contributed by atoms with Crippen molar-refractivity contribution < 1.29 is 14.3 Å². The van der Waals surface area contributed by atoms with Gasteiger partial charge in [-0.25, -0.2) is 4.79 Å². The van der Waals surface area contributed by atoms with Gasteiger partial charge in [0, 0.05) is 45.3 Å². The number of nitrogens with zero attached hydrogens (tertiary/aromatic N) is 3. The molecule has 0 aromatic carbocycles. The highest BCUT2D eigenvalue weighted by Crippen LogP contribution is 2.12. The van der Waals surface area contributed by atoms with Crippen LogP contribution in [0.15, 0.2) is 4.99 Å². The predicted octanol–water partition coefficient (Wildman–Crippen LogP) is 1.01. The molecule has 2 unspecified atom stereocenters. The Kier molecular flexibility index (Phi) is 8.44. The van der Waals surface area contributed by atoms with Gasteiger partial charge in [0.15, 0.2) is 5.96 Å². The molecule has 1 amide bonds. The molecule has 0 spiro atoms. The summed E-state index contributed by atoms with van der Waals surface area (Å²) in [5, 5.41) is 3.28. The fourth-order valence-corrected chi connectivity index (χ4v) is 3.64. The van der Waals surface area contributed by atoms with E-state index in [0.717, 1.165) is 45.4 Å². The molecule has 8 nitrogen and oxygen atoms in total. The Balaban J connectivity index is 1.61. The molecule has 0 radical (unpaired) electrons. The summed E-state index contributed by atoms with van der Waals surface area (Å²) in [6.07, 6.45) is 3.09. The Bertz CT molecular complexity index is 456. The van der Waals surface area contributed by atoms with Crippen molar-refractivity contribution in [3.8, 4) is 0 Å². The first kappa shape index (κ1) is 20.8. The zero-order chi connectivity index (χ0) is 18.9. The van der Waals surface area contributed by atoms with Crippen molar-refractivity contribution in [2.75, 3.05) is 45.9 Å². The van der Waals surface area contributed by atoms with Crippen molar-refractivity contribution in [1.82, 2.24) is 15.1 Å². The van der Waals surface area contributed by atoms with Crippen LogP contribution in [0.4, 0.5) is 4.79 Å². The molecule has 150 valence electrons. The summed E-state index contributed by atoms with van der Waals surface area (Å²) < 4.78 is 10.8. The molecular formula is C18H35N5O3. The van der Waals surface area contributed by atoms with Gasteiger partial charge in [-0.05, 0) is 40.0 Å². The lowest BCUT2D eigenvalue weighted by atomic mass is 10.1.